The highest BCUT2D eigenvalue weighted by Gasteiger charge is 2.39. The molecule has 78 valence electrons. The van der Waals surface area contributed by atoms with Crippen molar-refractivity contribution in [1.82, 2.24) is 0 Å². The van der Waals surface area contributed by atoms with Crippen LogP contribution in [0.25, 0.3) is 0 Å². The van der Waals surface area contributed by atoms with Crippen LogP contribution in [0.3, 0.4) is 0 Å². The van der Waals surface area contributed by atoms with Crippen LogP contribution in [0.4, 0.5) is 0 Å². The van der Waals surface area contributed by atoms with E-state index in [2.05, 4.69) is 27.7 Å². The van der Waals surface area contributed by atoms with Crippen LogP contribution in [0.15, 0.2) is 0 Å². The molecule has 0 aliphatic rings. The molecule has 0 rings (SSSR count). The summed E-state index contributed by atoms with van der Waals surface area (Å²) in [7, 11) is 0. The monoisotopic (exact) mass is 204 g/mol. The van der Waals surface area contributed by atoms with Gasteiger partial charge in [-0.05, 0) is 30.4 Å². The van der Waals surface area contributed by atoms with E-state index in [1.807, 2.05) is 0 Å². The minimum Gasteiger partial charge on any atom is -0.281 e. The lowest BCUT2D eigenvalue weighted by molar-refractivity contribution is -0.124. The molecular formula is C11H21ClO. The fourth-order valence-electron chi connectivity index (χ4n) is 2.34. The summed E-state index contributed by atoms with van der Waals surface area (Å²) in [6.07, 6.45) is 3.80. The Balaban J connectivity index is 4.82. The maximum Gasteiger partial charge on any atom is 0.228 e. The molecule has 0 aromatic rings. The van der Waals surface area contributed by atoms with Crippen LogP contribution >= 0.6 is 11.6 Å². The lowest BCUT2D eigenvalue weighted by atomic mass is 9.70. The number of halogens is 1. The van der Waals surface area contributed by atoms with E-state index in [9.17, 15) is 4.79 Å². The molecule has 0 aliphatic carbocycles. The van der Waals surface area contributed by atoms with E-state index in [1.54, 1.807) is 0 Å². The van der Waals surface area contributed by atoms with Crippen molar-refractivity contribution in [3.8, 4) is 0 Å². The summed E-state index contributed by atoms with van der Waals surface area (Å²) in [6, 6.07) is 0. The summed E-state index contributed by atoms with van der Waals surface area (Å²) in [5.41, 5.74) is -0.273. The molecule has 0 radical (unpaired) electrons. The van der Waals surface area contributed by atoms with Crippen LogP contribution in [-0.2, 0) is 4.79 Å². The van der Waals surface area contributed by atoms with Gasteiger partial charge in [-0.15, -0.1) is 0 Å². The van der Waals surface area contributed by atoms with Crippen molar-refractivity contribution < 1.29 is 4.79 Å². The molecule has 0 aromatic carbocycles. The molecular weight excluding hydrogens is 184 g/mol. The number of carbonyl (C=O) groups is 1. The van der Waals surface area contributed by atoms with Crippen LogP contribution in [0.5, 0.6) is 0 Å². The molecule has 0 saturated heterocycles. The fourth-order valence-corrected chi connectivity index (χ4v) is 2.76. The van der Waals surface area contributed by atoms with Crippen LogP contribution in [-0.4, -0.2) is 5.24 Å². The second-order valence-electron chi connectivity index (χ2n) is 3.65. The summed E-state index contributed by atoms with van der Waals surface area (Å²) in [5, 5.41) is -0.147. The zero-order chi connectivity index (χ0) is 10.5. The molecule has 0 N–H and O–H groups in total. The van der Waals surface area contributed by atoms with Gasteiger partial charge < -0.3 is 0 Å². The van der Waals surface area contributed by atoms with Gasteiger partial charge in [0.2, 0.25) is 5.24 Å². The molecule has 0 heterocycles. The van der Waals surface area contributed by atoms with Gasteiger partial charge >= 0.3 is 0 Å². The number of carbonyl (C=O) groups excluding carboxylic acids is 1. The Morgan fingerprint density at radius 1 is 1.15 bits per heavy atom. The molecule has 0 atom stereocenters. The van der Waals surface area contributed by atoms with Gasteiger partial charge in [-0.3, -0.25) is 4.79 Å². The average molecular weight is 205 g/mol. The van der Waals surface area contributed by atoms with Gasteiger partial charge in [0.05, 0.1) is 0 Å². The molecule has 0 saturated carbocycles. The predicted octanol–water partition coefficient (Wildman–Crippen LogP) is 3.99. The van der Waals surface area contributed by atoms with E-state index >= 15 is 0 Å². The fraction of sp³-hybridized carbons (Fsp3) is 0.909. The van der Waals surface area contributed by atoms with Gasteiger partial charge in [-0.1, -0.05) is 40.5 Å². The Bertz CT molecular complexity index is 157. The number of hydrogen-bond donors (Lipinski definition) is 0. The van der Waals surface area contributed by atoms with Crippen molar-refractivity contribution in [2.24, 2.45) is 11.3 Å². The summed E-state index contributed by atoms with van der Waals surface area (Å²) in [5.74, 6) is 0.437. The maximum absolute atomic E-state index is 11.5. The van der Waals surface area contributed by atoms with Crippen molar-refractivity contribution in [3.63, 3.8) is 0 Å². The van der Waals surface area contributed by atoms with E-state index in [4.69, 9.17) is 11.6 Å². The van der Waals surface area contributed by atoms with Crippen LogP contribution in [0.2, 0.25) is 0 Å². The second-order valence-corrected chi connectivity index (χ2v) is 3.99. The summed E-state index contributed by atoms with van der Waals surface area (Å²) in [6.45, 7) is 8.38. The first-order chi connectivity index (χ1) is 6.08. The molecule has 0 aliphatic heterocycles. The Labute approximate surface area is 86.9 Å². The zero-order valence-corrected chi connectivity index (χ0v) is 9.95. The summed E-state index contributed by atoms with van der Waals surface area (Å²) < 4.78 is 0. The largest absolute Gasteiger partial charge is 0.281 e. The molecule has 0 unspecified atom stereocenters. The summed E-state index contributed by atoms with van der Waals surface area (Å²) in [4.78, 5) is 11.5. The van der Waals surface area contributed by atoms with Crippen LogP contribution < -0.4 is 0 Å². The average Bonchev–Trinajstić information content (AvgIpc) is 2.13. The zero-order valence-electron chi connectivity index (χ0n) is 9.19. The second kappa shape index (κ2) is 5.64. The first-order valence-electron chi connectivity index (χ1n) is 5.28. The molecule has 0 aromatic heterocycles. The van der Waals surface area contributed by atoms with E-state index in [0.717, 1.165) is 25.7 Å². The van der Waals surface area contributed by atoms with Gasteiger partial charge in [0, 0.05) is 5.41 Å². The Morgan fingerprint density at radius 3 is 1.62 bits per heavy atom. The SMILES string of the molecule is CCC(CC)C(CC)(CC)C(=O)Cl. The van der Waals surface area contributed by atoms with Crippen LogP contribution in [0.1, 0.15) is 53.4 Å². The highest BCUT2D eigenvalue weighted by atomic mass is 35.5. The number of rotatable bonds is 6. The first kappa shape index (κ1) is 13.0. The topological polar surface area (TPSA) is 17.1 Å². The van der Waals surface area contributed by atoms with Crippen LogP contribution in [0, 0.1) is 11.3 Å². The van der Waals surface area contributed by atoms with Gasteiger partial charge in [0.25, 0.3) is 0 Å². The molecule has 0 fully saturated rings. The Hall–Kier alpha value is -0.0400. The Kier molecular flexibility index (Phi) is 5.62. The van der Waals surface area contributed by atoms with Crippen molar-refractivity contribution in [1.29, 1.82) is 0 Å². The lowest BCUT2D eigenvalue weighted by Crippen LogP contribution is -2.34. The Morgan fingerprint density at radius 2 is 1.54 bits per heavy atom. The van der Waals surface area contributed by atoms with Crippen molar-refractivity contribution >= 4 is 16.8 Å². The molecule has 13 heavy (non-hydrogen) atoms. The minimum atomic E-state index is -0.273. The third kappa shape index (κ3) is 2.46. The summed E-state index contributed by atoms with van der Waals surface area (Å²) >= 11 is 5.71. The molecule has 2 heteroatoms. The highest BCUT2D eigenvalue weighted by Crippen LogP contribution is 2.41. The molecule has 0 bridgehead atoms. The normalized spacial score (nSPS) is 12.2. The quantitative estimate of drug-likeness (QED) is 0.598. The number of hydrogen-bond acceptors (Lipinski definition) is 1. The highest BCUT2D eigenvalue weighted by molar-refractivity contribution is 6.64. The third-order valence-electron chi connectivity index (χ3n) is 3.42. The molecule has 0 amide bonds. The molecule has 1 nitrogen and oxygen atoms in total. The minimum absolute atomic E-state index is 0.147. The van der Waals surface area contributed by atoms with Crippen molar-refractivity contribution in [2.45, 2.75) is 53.4 Å². The molecule has 0 spiro atoms. The third-order valence-corrected chi connectivity index (χ3v) is 3.80. The van der Waals surface area contributed by atoms with E-state index in [1.165, 1.54) is 0 Å². The standard InChI is InChI=1S/C11H21ClO/c1-5-9(6-2)11(7-3,8-4)10(12)13/h9H,5-8H2,1-4H3. The first-order valence-corrected chi connectivity index (χ1v) is 5.66. The van der Waals surface area contributed by atoms with E-state index < -0.39 is 0 Å². The van der Waals surface area contributed by atoms with Crippen molar-refractivity contribution in [3.05, 3.63) is 0 Å². The van der Waals surface area contributed by atoms with Gasteiger partial charge in [0.15, 0.2) is 0 Å². The smallest absolute Gasteiger partial charge is 0.228 e. The van der Waals surface area contributed by atoms with E-state index in [0.29, 0.717) is 5.92 Å². The lowest BCUT2D eigenvalue weighted by Gasteiger charge is -2.35. The van der Waals surface area contributed by atoms with Gasteiger partial charge in [-0.2, -0.15) is 0 Å². The van der Waals surface area contributed by atoms with Crippen molar-refractivity contribution in [2.75, 3.05) is 0 Å². The van der Waals surface area contributed by atoms with E-state index in [-0.39, 0.29) is 10.7 Å². The van der Waals surface area contributed by atoms with Gasteiger partial charge in [0.1, 0.15) is 0 Å². The van der Waals surface area contributed by atoms with Gasteiger partial charge in [-0.25, -0.2) is 0 Å². The maximum atomic E-state index is 11.5. The predicted molar refractivity (Wildman–Crippen MR) is 57.9 cm³/mol.